The molecule has 0 bridgehead atoms. The number of nitrogens with one attached hydrogen (secondary N) is 2. The van der Waals surface area contributed by atoms with E-state index in [1.54, 1.807) is 6.07 Å². The summed E-state index contributed by atoms with van der Waals surface area (Å²) < 4.78 is 0. The summed E-state index contributed by atoms with van der Waals surface area (Å²) in [6, 6.07) is 8.84. The first kappa shape index (κ1) is 13.5. The van der Waals surface area contributed by atoms with Gasteiger partial charge in [-0.3, -0.25) is 14.6 Å². The Hall–Kier alpha value is -2.43. The topological polar surface area (TPSA) is 74.8 Å². The van der Waals surface area contributed by atoms with Crippen molar-refractivity contribution in [3.63, 3.8) is 0 Å². The fourth-order valence-corrected chi connectivity index (χ4v) is 2.42. The van der Waals surface area contributed by atoms with Crippen molar-refractivity contribution in [2.24, 2.45) is 5.92 Å². The Morgan fingerprint density at radius 1 is 1.33 bits per heavy atom. The van der Waals surface area contributed by atoms with E-state index >= 15 is 0 Å². The van der Waals surface area contributed by atoms with Crippen molar-refractivity contribution in [2.75, 3.05) is 0 Å². The van der Waals surface area contributed by atoms with E-state index in [1.807, 2.05) is 25.1 Å². The third kappa shape index (κ3) is 3.02. The summed E-state index contributed by atoms with van der Waals surface area (Å²) >= 11 is 0. The van der Waals surface area contributed by atoms with Crippen LogP contribution in [-0.4, -0.2) is 15.9 Å². The van der Waals surface area contributed by atoms with Gasteiger partial charge >= 0.3 is 0 Å². The number of aromatic amines is 1. The summed E-state index contributed by atoms with van der Waals surface area (Å²) in [4.78, 5) is 31.0. The maximum Gasteiger partial charge on any atom is 0.260 e. The van der Waals surface area contributed by atoms with E-state index in [-0.39, 0.29) is 23.1 Å². The van der Waals surface area contributed by atoms with Crippen molar-refractivity contribution in [2.45, 2.75) is 25.8 Å². The summed E-state index contributed by atoms with van der Waals surface area (Å²) in [6.07, 6.45) is 3.66. The van der Waals surface area contributed by atoms with Gasteiger partial charge in [-0.25, -0.2) is 0 Å². The first-order valence-electron chi connectivity index (χ1n) is 7.07. The summed E-state index contributed by atoms with van der Waals surface area (Å²) in [5, 5.41) is 2.96. The van der Waals surface area contributed by atoms with Gasteiger partial charge in [0, 0.05) is 11.9 Å². The molecule has 1 fully saturated rings. The van der Waals surface area contributed by atoms with Gasteiger partial charge in [-0.15, -0.1) is 0 Å². The monoisotopic (exact) mass is 283 g/mol. The quantitative estimate of drug-likeness (QED) is 0.900. The van der Waals surface area contributed by atoms with Crippen LogP contribution in [0.4, 0.5) is 0 Å². The first-order valence-corrected chi connectivity index (χ1v) is 7.07. The van der Waals surface area contributed by atoms with Crippen molar-refractivity contribution in [1.29, 1.82) is 0 Å². The third-order valence-corrected chi connectivity index (χ3v) is 3.67. The molecule has 5 nitrogen and oxygen atoms in total. The molecule has 21 heavy (non-hydrogen) atoms. The van der Waals surface area contributed by atoms with Crippen LogP contribution in [0.3, 0.4) is 0 Å². The Morgan fingerprint density at radius 2 is 2.14 bits per heavy atom. The lowest BCUT2D eigenvalue weighted by atomic mass is 10.1. The van der Waals surface area contributed by atoms with Gasteiger partial charge in [0.2, 0.25) is 0 Å². The van der Waals surface area contributed by atoms with Gasteiger partial charge < -0.3 is 10.3 Å². The summed E-state index contributed by atoms with van der Waals surface area (Å²) in [5.74, 6) is 0.0584. The highest BCUT2D eigenvalue weighted by molar-refractivity contribution is 5.94. The van der Waals surface area contributed by atoms with Gasteiger partial charge in [0.15, 0.2) is 0 Å². The van der Waals surface area contributed by atoms with Gasteiger partial charge in [0.05, 0.1) is 11.7 Å². The number of aryl methyl sites for hydroxylation is 1. The predicted octanol–water partition coefficient (Wildman–Crippen LogP) is 1.96. The zero-order valence-electron chi connectivity index (χ0n) is 11.8. The van der Waals surface area contributed by atoms with Gasteiger partial charge in [-0.2, -0.15) is 0 Å². The maximum atomic E-state index is 12.3. The van der Waals surface area contributed by atoms with Gasteiger partial charge in [-0.1, -0.05) is 6.07 Å². The number of hydrogen-bond donors (Lipinski definition) is 2. The molecule has 0 spiro atoms. The summed E-state index contributed by atoms with van der Waals surface area (Å²) in [5.41, 5.74) is 1.54. The standard InChI is InChI=1S/C16H17N3O2/c1-10-4-2-6-13(18-10)14(11-7-8-11)19-16(21)12-5-3-9-17-15(12)20/h2-6,9,11,14H,7-8H2,1H3,(H,17,20)(H,19,21)/t14-/m1/s1. The van der Waals surface area contributed by atoms with Crippen LogP contribution in [0.5, 0.6) is 0 Å². The van der Waals surface area contributed by atoms with Crippen LogP contribution in [0, 0.1) is 12.8 Å². The molecule has 5 heteroatoms. The van der Waals surface area contributed by atoms with Crippen LogP contribution in [-0.2, 0) is 0 Å². The molecule has 3 rings (SSSR count). The molecule has 2 aromatic heterocycles. The lowest BCUT2D eigenvalue weighted by molar-refractivity contribution is 0.0929. The molecule has 2 N–H and O–H groups in total. The number of carbonyl (C=O) groups excluding carboxylic acids is 1. The van der Waals surface area contributed by atoms with E-state index < -0.39 is 0 Å². The Morgan fingerprint density at radius 3 is 2.81 bits per heavy atom. The SMILES string of the molecule is Cc1cccc([C@H](NC(=O)c2ccc[nH]c2=O)C2CC2)n1. The van der Waals surface area contributed by atoms with Crippen molar-refractivity contribution in [3.8, 4) is 0 Å². The van der Waals surface area contributed by atoms with Crippen LogP contribution >= 0.6 is 0 Å². The molecule has 1 aliphatic rings. The van der Waals surface area contributed by atoms with Crippen LogP contribution in [0.2, 0.25) is 0 Å². The molecule has 1 aliphatic carbocycles. The number of hydrogen-bond acceptors (Lipinski definition) is 3. The molecule has 2 aromatic rings. The van der Waals surface area contributed by atoms with E-state index in [0.29, 0.717) is 5.92 Å². The zero-order valence-corrected chi connectivity index (χ0v) is 11.8. The van der Waals surface area contributed by atoms with Gasteiger partial charge in [0.25, 0.3) is 11.5 Å². The second-order valence-corrected chi connectivity index (χ2v) is 5.41. The molecule has 0 aromatic carbocycles. The third-order valence-electron chi connectivity index (χ3n) is 3.67. The van der Waals surface area contributed by atoms with E-state index in [1.165, 1.54) is 12.3 Å². The minimum Gasteiger partial charge on any atom is -0.343 e. The second-order valence-electron chi connectivity index (χ2n) is 5.41. The molecule has 2 heterocycles. The molecular weight excluding hydrogens is 266 g/mol. The van der Waals surface area contributed by atoms with Gasteiger partial charge in [0.1, 0.15) is 5.56 Å². The number of pyridine rings is 2. The average Bonchev–Trinajstić information content (AvgIpc) is 3.29. The first-order chi connectivity index (χ1) is 10.1. The highest BCUT2D eigenvalue weighted by atomic mass is 16.2. The van der Waals surface area contributed by atoms with Crippen molar-refractivity contribution in [3.05, 3.63) is 63.8 Å². The molecule has 108 valence electrons. The second kappa shape index (κ2) is 5.52. The predicted molar refractivity (Wildman–Crippen MR) is 79.0 cm³/mol. The Kier molecular flexibility index (Phi) is 3.56. The molecule has 0 radical (unpaired) electrons. The number of carbonyl (C=O) groups is 1. The van der Waals surface area contributed by atoms with Crippen LogP contribution < -0.4 is 10.9 Å². The average molecular weight is 283 g/mol. The highest BCUT2D eigenvalue weighted by Gasteiger charge is 2.34. The molecule has 0 unspecified atom stereocenters. The van der Waals surface area contributed by atoms with Crippen LogP contribution in [0.25, 0.3) is 0 Å². The summed E-state index contributed by atoms with van der Waals surface area (Å²) in [7, 11) is 0. The lowest BCUT2D eigenvalue weighted by Crippen LogP contribution is -2.34. The number of nitrogens with zero attached hydrogens (tertiary/aromatic N) is 1. The molecular formula is C16H17N3O2. The zero-order chi connectivity index (χ0) is 14.8. The van der Waals surface area contributed by atoms with Crippen LogP contribution in [0.15, 0.2) is 41.3 Å². The summed E-state index contributed by atoms with van der Waals surface area (Å²) in [6.45, 7) is 1.93. The number of amides is 1. The number of H-pyrrole nitrogens is 1. The van der Waals surface area contributed by atoms with Crippen molar-refractivity contribution < 1.29 is 4.79 Å². The van der Waals surface area contributed by atoms with E-state index in [2.05, 4.69) is 15.3 Å². The normalized spacial score (nSPS) is 15.5. The van der Waals surface area contributed by atoms with Crippen molar-refractivity contribution in [1.82, 2.24) is 15.3 Å². The minimum absolute atomic E-state index is 0.128. The molecule has 1 saturated carbocycles. The fourth-order valence-electron chi connectivity index (χ4n) is 2.42. The maximum absolute atomic E-state index is 12.3. The van der Waals surface area contributed by atoms with E-state index in [9.17, 15) is 9.59 Å². The number of aromatic nitrogens is 2. The lowest BCUT2D eigenvalue weighted by Gasteiger charge is -2.18. The van der Waals surface area contributed by atoms with Crippen molar-refractivity contribution >= 4 is 5.91 Å². The molecule has 1 atom stereocenters. The highest BCUT2D eigenvalue weighted by Crippen LogP contribution is 2.40. The van der Waals surface area contributed by atoms with Crippen LogP contribution in [0.1, 0.15) is 40.6 Å². The smallest absolute Gasteiger partial charge is 0.260 e. The Labute approximate surface area is 122 Å². The molecule has 0 aliphatic heterocycles. The minimum atomic E-state index is -0.373. The fraction of sp³-hybridized carbons (Fsp3) is 0.312. The molecule has 1 amide bonds. The molecule has 0 saturated heterocycles. The van der Waals surface area contributed by atoms with E-state index in [4.69, 9.17) is 0 Å². The number of rotatable bonds is 4. The Bertz CT molecular complexity index is 719. The van der Waals surface area contributed by atoms with E-state index in [0.717, 1.165) is 24.2 Å². The Balaban J connectivity index is 1.85. The largest absolute Gasteiger partial charge is 0.343 e. The van der Waals surface area contributed by atoms with Gasteiger partial charge in [-0.05, 0) is 49.9 Å².